The van der Waals surface area contributed by atoms with Gasteiger partial charge in [0.1, 0.15) is 11.5 Å². The number of hydrogen-bond acceptors (Lipinski definition) is 5. The molecule has 0 saturated heterocycles. The van der Waals surface area contributed by atoms with Gasteiger partial charge in [0.25, 0.3) is 5.91 Å². The fourth-order valence-corrected chi connectivity index (χ4v) is 4.76. The van der Waals surface area contributed by atoms with Crippen LogP contribution in [0.3, 0.4) is 0 Å². The number of carbonyl (C=O) groups excluding carboxylic acids is 1. The van der Waals surface area contributed by atoms with E-state index in [4.69, 9.17) is 4.74 Å². The number of phenols is 1. The number of amides is 1. The van der Waals surface area contributed by atoms with Gasteiger partial charge in [-0.15, -0.1) is 0 Å². The molecular weight excluding hydrogens is 452 g/mol. The molecule has 0 spiro atoms. The van der Waals surface area contributed by atoms with E-state index in [1.807, 2.05) is 24.3 Å². The van der Waals surface area contributed by atoms with Crippen LogP contribution in [0.15, 0.2) is 78.9 Å². The lowest BCUT2D eigenvalue weighted by atomic mass is 9.93. The number of benzene rings is 4. The fraction of sp³-hybridized carbons (Fsp3) is 0.233. The molecule has 0 saturated carbocycles. The van der Waals surface area contributed by atoms with E-state index in [-0.39, 0.29) is 29.4 Å². The molecule has 36 heavy (non-hydrogen) atoms. The molecule has 0 aliphatic carbocycles. The Balaban J connectivity index is 1.28. The lowest BCUT2D eigenvalue weighted by Gasteiger charge is -2.28. The Morgan fingerprint density at radius 1 is 0.944 bits per heavy atom. The number of fused-ring (bicyclic) bond motifs is 3. The number of phenolic OH excluding ortho intramolecular Hbond substituents is 1. The average Bonchev–Trinajstić information content (AvgIpc) is 2.97. The normalized spacial score (nSPS) is 13.8. The van der Waals surface area contributed by atoms with Crippen LogP contribution >= 0.6 is 0 Å². The van der Waals surface area contributed by atoms with Gasteiger partial charge in [0.15, 0.2) is 5.75 Å². The highest BCUT2D eigenvalue weighted by atomic mass is 16.5. The molecule has 4 aromatic carbocycles. The van der Waals surface area contributed by atoms with Crippen LogP contribution in [0.5, 0.6) is 17.2 Å². The number of para-hydroxylation sites is 2. The minimum Gasteiger partial charge on any atom is -0.508 e. The average molecular weight is 483 g/mol. The summed E-state index contributed by atoms with van der Waals surface area (Å²) >= 11 is 0. The molecule has 1 aliphatic heterocycles. The third kappa shape index (κ3) is 5.20. The van der Waals surface area contributed by atoms with Crippen molar-refractivity contribution < 1.29 is 19.7 Å². The smallest absolute Gasteiger partial charge is 0.259 e. The summed E-state index contributed by atoms with van der Waals surface area (Å²) < 4.78 is 5.95. The Labute approximate surface area is 210 Å². The number of anilines is 1. The highest BCUT2D eigenvalue weighted by Gasteiger charge is 2.26. The molecule has 1 aliphatic rings. The molecule has 0 fully saturated rings. The van der Waals surface area contributed by atoms with E-state index in [2.05, 4.69) is 54.8 Å². The number of rotatable bonds is 7. The van der Waals surface area contributed by atoms with Crippen molar-refractivity contribution in [2.24, 2.45) is 0 Å². The van der Waals surface area contributed by atoms with Crippen molar-refractivity contribution in [1.29, 1.82) is 0 Å². The first-order valence-electron chi connectivity index (χ1n) is 12.1. The summed E-state index contributed by atoms with van der Waals surface area (Å²) in [6, 6.07) is 24.8. The fourth-order valence-electron chi connectivity index (χ4n) is 4.76. The van der Waals surface area contributed by atoms with E-state index in [1.54, 1.807) is 12.1 Å². The van der Waals surface area contributed by atoms with Gasteiger partial charge in [0, 0.05) is 24.6 Å². The molecule has 1 heterocycles. The van der Waals surface area contributed by atoms with Gasteiger partial charge in [0.05, 0.1) is 17.4 Å². The molecule has 1 atom stereocenters. The Morgan fingerprint density at radius 3 is 2.53 bits per heavy atom. The lowest BCUT2D eigenvalue weighted by molar-refractivity contribution is 0.102. The Morgan fingerprint density at radius 2 is 1.69 bits per heavy atom. The number of hydrogen-bond donors (Lipinski definition) is 4. The van der Waals surface area contributed by atoms with E-state index in [0.717, 1.165) is 6.42 Å². The standard InChI is InChI=1S/C30H30N2O4/c1-30(2,17-19-11-12-20-7-3-4-8-21(20)13-19)31-18-24(34)15-22-14-23(33)16-27-28(22)29(35)32-25-9-5-6-10-26(25)36-27/h3-14,16,24,31,33-34H,15,17-18H2,1-2H3,(H,32,35)/t24-/m1/s1. The van der Waals surface area contributed by atoms with Crippen LogP contribution in [0.1, 0.15) is 35.3 Å². The number of carbonyl (C=O) groups is 1. The predicted octanol–water partition coefficient (Wildman–Crippen LogP) is 5.42. The topological polar surface area (TPSA) is 90.8 Å². The van der Waals surface area contributed by atoms with E-state index >= 15 is 0 Å². The molecule has 1 amide bonds. The number of aliphatic hydroxyl groups is 1. The second-order valence-corrected chi connectivity index (χ2v) is 10.0. The Kier molecular flexibility index (Phi) is 6.39. The molecule has 5 rings (SSSR count). The maximum absolute atomic E-state index is 13.0. The second kappa shape index (κ2) is 9.64. The molecule has 4 aromatic rings. The molecule has 0 unspecified atom stereocenters. The monoisotopic (exact) mass is 482 g/mol. The van der Waals surface area contributed by atoms with Gasteiger partial charge < -0.3 is 25.6 Å². The zero-order valence-corrected chi connectivity index (χ0v) is 20.4. The summed E-state index contributed by atoms with van der Waals surface area (Å²) in [4.78, 5) is 13.0. The maximum atomic E-state index is 13.0. The van der Waals surface area contributed by atoms with Crippen LogP contribution < -0.4 is 15.4 Å². The van der Waals surface area contributed by atoms with Crippen molar-refractivity contribution in [2.45, 2.75) is 38.3 Å². The first-order valence-corrected chi connectivity index (χ1v) is 12.1. The minimum absolute atomic E-state index is 0.0206. The zero-order chi connectivity index (χ0) is 25.3. The van der Waals surface area contributed by atoms with Crippen LogP contribution in [0.2, 0.25) is 0 Å². The van der Waals surface area contributed by atoms with Gasteiger partial charge in [0.2, 0.25) is 0 Å². The number of aliphatic hydroxyl groups excluding tert-OH is 1. The molecule has 6 heteroatoms. The van der Waals surface area contributed by atoms with Gasteiger partial charge in [-0.05, 0) is 60.4 Å². The highest BCUT2D eigenvalue weighted by molar-refractivity contribution is 6.09. The van der Waals surface area contributed by atoms with Gasteiger partial charge in [-0.2, -0.15) is 0 Å². The molecule has 184 valence electrons. The van der Waals surface area contributed by atoms with Gasteiger partial charge in [-0.1, -0.05) is 54.6 Å². The summed E-state index contributed by atoms with van der Waals surface area (Å²) in [6.45, 7) is 4.54. The van der Waals surface area contributed by atoms with Crippen LogP contribution in [-0.4, -0.2) is 34.3 Å². The van der Waals surface area contributed by atoms with E-state index in [9.17, 15) is 15.0 Å². The second-order valence-electron chi connectivity index (χ2n) is 10.0. The zero-order valence-electron chi connectivity index (χ0n) is 20.4. The number of β-amino-alcohol motifs (C(OH)–C–C–N with tert-alkyl or cyclic N) is 1. The van der Waals surface area contributed by atoms with Crippen LogP contribution in [0, 0.1) is 0 Å². The largest absolute Gasteiger partial charge is 0.508 e. The van der Waals surface area contributed by atoms with Gasteiger partial charge in [-0.3, -0.25) is 4.79 Å². The van der Waals surface area contributed by atoms with E-state index in [0.29, 0.717) is 29.1 Å². The number of aromatic hydroxyl groups is 1. The van der Waals surface area contributed by atoms with Crippen molar-refractivity contribution in [3.05, 3.63) is 95.6 Å². The van der Waals surface area contributed by atoms with Crippen molar-refractivity contribution in [1.82, 2.24) is 5.32 Å². The summed E-state index contributed by atoms with van der Waals surface area (Å²) in [7, 11) is 0. The summed E-state index contributed by atoms with van der Waals surface area (Å²) in [5, 5.41) is 29.9. The molecule has 4 N–H and O–H groups in total. The van der Waals surface area contributed by atoms with E-state index < -0.39 is 6.10 Å². The summed E-state index contributed by atoms with van der Waals surface area (Å²) in [6.07, 6.45) is 0.203. The van der Waals surface area contributed by atoms with Crippen LogP contribution in [0.4, 0.5) is 5.69 Å². The Bertz CT molecular complexity index is 1430. The molecular formula is C30H30N2O4. The van der Waals surface area contributed by atoms with Crippen molar-refractivity contribution >= 4 is 22.4 Å². The summed E-state index contributed by atoms with van der Waals surface area (Å²) in [5.74, 6) is 0.414. The third-order valence-corrected chi connectivity index (χ3v) is 6.48. The summed E-state index contributed by atoms with van der Waals surface area (Å²) in [5.41, 5.74) is 2.35. The van der Waals surface area contributed by atoms with E-state index in [1.165, 1.54) is 28.5 Å². The van der Waals surface area contributed by atoms with Gasteiger partial charge in [-0.25, -0.2) is 0 Å². The molecule has 0 aromatic heterocycles. The number of nitrogens with one attached hydrogen (secondary N) is 2. The van der Waals surface area contributed by atoms with Crippen molar-refractivity contribution in [3.63, 3.8) is 0 Å². The van der Waals surface area contributed by atoms with Crippen LogP contribution in [-0.2, 0) is 12.8 Å². The predicted molar refractivity (Wildman–Crippen MR) is 142 cm³/mol. The third-order valence-electron chi connectivity index (χ3n) is 6.48. The van der Waals surface area contributed by atoms with Gasteiger partial charge >= 0.3 is 0 Å². The lowest BCUT2D eigenvalue weighted by Crippen LogP contribution is -2.45. The molecule has 6 nitrogen and oxygen atoms in total. The first-order chi connectivity index (χ1) is 17.3. The number of ether oxygens (including phenoxy) is 1. The quantitative estimate of drug-likeness (QED) is 0.282. The highest BCUT2D eigenvalue weighted by Crippen LogP contribution is 2.39. The van der Waals surface area contributed by atoms with Crippen molar-refractivity contribution in [2.75, 3.05) is 11.9 Å². The van der Waals surface area contributed by atoms with Crippen molar-refractivity contribution in [3.8, 4) is 17.2 Å². The minimum atomic E-state index is -0.773. The molecule has 0 bridgehead atoms. The first kappa shape index (κ1) is 23.9. The maximum Gasteiger partial charge on any atom is 0.259 e. The molecule has 0 radical (unpaired) electrons. The SMILES string of the molecule is CC(C)(Cc1ccc2ccccc2c1)NC[C@H](O)Cc1cc(O)cc2c1C(=O)Nc1ccccc1O2. The van der Waals surface area contributed by atoms with Crippen LogP contribution in [0.25, 0.3) is 10.8 Å². The Hall–Kier alpha value is -3.87.